The van der Waals surface area contributed by atoms with E-state index in [2.05, 4.69) is 107 Å². The third kappa shape index (κ3) is 6.12. The standard InChI is InChI=1S/C48H30N6S/c1-3-9-36(10-4-1)46-52-47(37-11-5-2-6-12-37)54-48(53-46)38-21-17-32(18-22-38)31-15-19-34(20-16-31)43-45-42(39-13-7-8-14-40(39)51-43)41(33-23-27-49-28-24-33)44(55-45)35-25-29-50-30-26-35/h1-30H. The van der Waals surface area contributed by atoms with Crippen LogP contribution in [-0.4, -0.2) is 29.9 Å². The molecule has 0 spiro atoms. The Morgan fingerprint density at radius 1 is 0.345 bits per heavy atom. The van der Waals surface area contributed by atoms with Gasteiger partial charge in [-0.2, -0.15) is 0 Å². The number of hydrogen-bond acceptors (Lipinski definition) is 7. The van der Waals surface area contributed by atoms with Crippen molar-refractivity contribution in [2.45, 2.75) is 0 Å². The van der Waals surface area contributed by atoms with Gasteiger partial charge in [-0.1, -0.05) is 127 Å². The summed E-state index contributed by atoms with van der Waals surface area (Å²) >= 11 is 1.78. The van der Waals surface area contributed by atoms with Crippen LogP contribution in [0, 0.1) is 0 Å². The van der Waals surface area contributed by atoms with Gasteiger partial charge in [0.2, 0.25) is 0 Å². The lowest BCUT2D eigenvalue weighted by atomic mass is 9.96. The molecule has 0 amide bonds. The highest BCUT2D eigenvalue weighted by atomic mass is 32.1. The number of aromatic nitrogens is 6. The average molecular weight is 723 g/mol. The highest BCUT2D eigenvalue weighted by molar-refractivity contribution is 7.23. The molecule has 5 aromatic heterocycles. The molecule has 0 N–H and O–H groups in total. The Labute approximate surface area is 321 Å². The minimum absolute atomic E-state index is 0.634. The molecule has 0 aliphatic rings. The Morgan fingerprint density at radius 3 is 1.36 bits per heavy atom. The molecule has 0 aliphatic heterocycles. The molecule has 0 unspecified atom stereocenters. The lowest BCUT2D eigenvalue weighted by Crippen LogP contribution is -2.00. The van der Waals surface area contributed by atoms with Gasteiger partial charge in [-0.3, -0.25) is 9.97 Å². The van der Waals surface area contributed by atoms with Gasteiger partial charge in [-0.15, -0.1) is 11.3 Å². The molecule has 5 heterocycles. The molecule has 0 saturated heterocycles. The van der Waals surface area contributed by atoms with Gasteiger partial charge in [0.05, 0.1) is 15.9 Å². The number of hydrogen-bond donors (Lipinski definition) is 0. The predicted molar refractivity (Wildman–Crippen MR) is 224 cm³/mol. The lowest BCUT2D eigenvalue weighted by molar-refractivity contribution is 1.07. The maximum Gasteiger partial charge on any atom is 0.164 e. The summed E-state index contributed by atoms with van der Waals surface area (Å²) in [6.07, 6.45) is 7.43. The van der Waals surface area contributed by atoms with Crippen molar-refractivity contribution >= 4 is 32.3 Å². The minimum Gasteiger partial charge on any atom is -0.265 e. The Kier molecular flexibility index (Phi) is 8.24. The zero-order chi connectivity index (χ0) is 36.6. The first-order valence-electron chi connectivity index (χ1n) is 18.0. The van der Waals surface area contributed by atoms with Gasteiger partial charge in [-0.05, 0) is 52.6 Å². The van der Waals surface area contributed by atoms with Crippen molar-refractivity contribution in [2.75, 3.05) is 0 Å². The van der Waals surface area contributed by atoms with E-state index in [0.29, 0.717) is 17.5 Å². The number of pyridine rings is 3. The van der Waals surface area contributed by atoms with E-state index in [1.807, 2.05) is 85.5 Å². The molecule has 7 heteroatoms. The fourth-order valence-corrected chi connectivity index (χ4v) is 8.43. The SMILES string of the molecule is c1ccc(-c2nc(-c3ccccc3)nc(-c3ccc(-c4ccc(-c5nc6ccccc6c6c(-c7ccncc7)c(-c7ccncc7)sc56)cc4)cc3)n2)cc1. The van der Waals surface area contributed by atoms with Crippen LogP contribution in [0.25, 0.3) is 99.1 Å². The number of nitrogens with zero attached hydrogens (tertiary/aromatic N) is 6. The number of benzene rings is 5. The van der Waals surface area contributed by atoms with E-state index in [1.165, 1.54) is 15.8 Å². The van der Waals surface area contributed by atoms with Crippen LogP contribution in [0.5, 0.6) is 0 Å². The summed E-state index contributed by atoms with van der Waals surface area (Å²) in [6.45, 7) is 0. The van der Waals surface area contributed by atoms with Crippen molar-refractivity contribution in [3.63, 3.8) is 0 Å². The molecule has 10 rings (SSSR count). The topological polar surface area (TPSA) is 77.3 Å². The number of thiophene rings is 1. The van der Waals surface area contributed by atoms with E-state index in [1.54, 1.807) is 11.3 Å². The summed E-state index contributed by atoms with van der Waals surface area (Å²) in [5.74, 6) is 1.92. The van der Waals surface area contributed by atoms with Gasteiger partial charge in [0.25, 0.3) is 0 Å². The molecule has 0 saturated carbocycles. The van der Waals surface area contributed by atoms with Crippen LogP contribution < -0.4 is 0 Å². The Hall–Kier alpha value is -7.22. The molecular formula is C48H30N6S. The van der Waals surface area contributed by atoms with Gasteiger partial charge in [0.1, 0.15) is 0 Å². The van der Waals surface area contributed by atoms with Crippen LogP contribution in [0.4, 0.5) is 0 Å². The molecule has 0 aliphatic carbocycles. The van der Waals surface area contributed by atoms with Crippen molar-refractivity contribution < 1.29 is 0 Å². The molecule has 0 bridgehead atoms. The third-order valence-electron chi connectivity index (χ3n) is 9.77. The highest BCUT2D eigenvalue weighted by Gasteiger charge is 2.22. The molecule has 55 heavy (non-hydrogen) atoms. The van der Waals surface area contributed by atoms with Crippen LogP contribution in [0.15, 0.2) is 183 Å². The maximum absolute atomic E-state index is 5.29. The van der Waals surface area contributed by atoms with Crippen LogP contribution >= 0.6 is 11.3 Å². The van der Waals surface area contributed by atoms with Crippen LogP contribution in [0.2, 0.25) is 0 Å². The summed E-state index contributed by atoms with van der Waals surface area (Å²) in [6, 6.07) is 54.0. The van der Waals surface area contributed by atoms with E-state index in [-0.39, 0.29) is 0 Å². The fourth-order valence-electron chi connectivity index (χ4n) is 7.07. The Morgan fingerprint density at radius 2 is 0.800 bits per heavy atom. The predicted octanol–water partition coefficient (Wildman–Crippen LogP) is 12.1. The van der Waals surface area contributed by atoms with Crippen molar-refractivity contribution in [2.24, 2.45) is 0 Å². The second-order valence-electron chi connectivity index (χ2n) is 13.2. The lowest BCUT2D eigenvalue weighted by Gasteiger charge is -2.11. The summed E-state index contributed by atoms with van der Waals surface area (Å²) in [4.78, 5) is 29.7. The normalized spacial score (nSPS) is 11.3. The molecule has 0 atom stereocenters. The molecule has 6 nitrogen and oxygen atoms in total. The molecule has 5 aromatic carbocycles. The van der Waals surface area contributed by atoms with Crippen molar-refractivity contribution in [1.29, 1.82) is 0 Å². The van der Waals surface area contributed by atoms with Crippen LogP contribution in [0.1, 0.15) is 0 Å². The highest BCUT2D eigenvalue weighted by Crippen LogP contribution is 2.49. The fraction of sp³-hybridized carbons (Fsp3) is 0. The van der Waals surface area contributed by atoms with E-state index < -0.39 is 0 Å². The van der Waals surface area contributed by atoms with Gasteiger partial charge >= 0.3 is 0 Å². The average Bonchev–Trinajstić information content (AvgIpc) is 3.69. The summed E-state index contributed by atoms with van der Waals surface area (Å²) in [5.41, 5.74) is 11.5. The second-order valence-corrected chi connectivity index (χ2v) is 14.2. The van der Waals surface area contributed by atoms with Gasteiger partial charge in [0, 0.05) is 68.3 Å². The van der Waals surface area contributed by atoms with Crippen molar-refractivity contribution in [3.05, 3.63) is 183 Å². The number of para-hydroxylation sites is 1. The first-order valence-corrected chi connectivity index (χ1v) is 18.8. The Balaban J connectivity index is 1.04. The van der Waals surface area contributed by atoms with Crippen LogP contribution in [-0.2, 0) is 0 Å². The smallest absolute Gasteiger partial charge is 0.164 e. The van der Waals surface area contributed by atoms with Crippen molar-refractivity contribution in [3.8, 4) is 78.1 Å². The Bertz CT molecular complexity index is 2880. The van der Waals surface area contributed by atoms with E-state index in [0.717, 1.165) is 65.8 Å². The van der Waals surface area contributed by atoms with Gasteiger partial charge < -0.3 is 0 Å². The molecule has 0 fully saturated rings. The zero-order valence-electron chi connectivity index (χ0n) is 29.4. The largest absolute Gasteiger partial charge is 0.265 e. The van der Waals surface area contributed by atoms with E-state index >= 15 is 0 Å². The molecular weight excluding hydrogens is 693 g/mol. The summed E-state index contributed by atoms with van der Waals surface area (Å²) < 4.78 is 1.15. The summed E-state index contributed by atoms with van der Waals surface area (Å²) in [7, 11) is 0. The van der Waals surface area contributed by atoms with Crippen molar-refractivity contribution in [1.82, 2.24) is 29.9 Å². The van der Waals surface area contributed by atoms with E-state index in [9.17, 15) is 0 Å². The van der Waals surface area contributed by atoms with E-state index in [4.69, 9.17) is 19.9 Å². The zero-order valence-corrected chi connectivity index (χ0v) is 30.2. The number of fused-ring (bicyclic) bond motifs is 3. The third-order valence-corrected chi connectivity index (χ3v) is 11.0. The first kappa shape index (κ1) is 32.4. The maximum atomic E-state index is 5.29. The summed E-state index contributed by atoms with van der Waals surface area (Å²) in [5, 5.41) is 2.33. The monoisotopic (exact) mass is 722 g/mol. The van der Waals surface area contributed by atoms with Gasteiger partial charge in [0.15, 0.2) is 17.5 Å². The molecule has 258 valence electrons. The van der Waals surface area contributed by atoms with Crippen LogP contribution in [0.3, 0.4) is 0 Å². The first-order chi connectivity index (χ1) is 27.3. The number of rotatable bonds is 7. The second kappa shape index (κ2) is 14.0. The molecule has 10 aromatic rings. The quantitative estimate of drug-likeness (QED) is 0.163. The molecule has 0 radical (unpaired) electrons. The van der Waals surface area contributed by atoms with Gasteiger partial charge in [-0.25, -0.2) is 19.9 Å². The minimum atomic E-state index is 0.634.